The number of methoxy groups -OCH3 is 1. The summed E-state index contributed by atoms with van der Waals surface area (Å²) in [6, 6.07) is 13.2. The van der Waals surface area contributed by atoms with Crippen LogP contribution in [0.25, 0.3) is 11.3 Å². The maximum atomic E-state index is 13.9. The fourth-order valence-electron chi connectivity index (χ4n) is 3.90. The van der Waals surface area contributed by atoms with Crippen LogP contribution in [0.2, 0.25) is 0 Å². The molecule has 0 spiro atoms. The van der Waals surface area contributed by atoms with Crippen LogP contribution in [0.5, 0.6) is 5.75 Å². The zero-order valence-corrected chi connectivity index (χ0v) is 17.6. The molecule has 0 atom stereocenters. The summed E-state index contributed by atoms with van der Waals surface area (Å²) >= 11 is 0. The number of nitrogens with zero attached hydrogens (tertiary/aromatic N) is 3. The van der Waals surface area contributed by atoms with Gasteiger partial charge in [0.1, 0.15) is 5.82 Å². The number of carbonyl (C=O) groups is 1. The summed E-state index contributed by atoms with van der Waals surface area (Å²) < 4.78 is 33.4. The summed E-state index contributed by atoms with van der Waals surface area (Å²) in [7, 11) is 1.38. The Bertz CT molecular complexity index is 1170. The molecule has 0 bridgehead atoms. The normalized spacial score (nSPS) is 14.4. The molecule has 32 heavy (non-hydrogen) atoms. The smallest absolute Gasteiger partial charge is 0.266 e. The van der Waals surface area contributed by atoms with E-state index in [-0.39, 0.29) is 34.5 Å². The number of likely N-dealkylation sites (tertiary alicyclic amines) is 1. The third-order valence-corrected chi connectivity index (χ3v) is 5.74. The molecule has 6 nitrogen and oxygen atoms in total. The van der Waals surface area contributed by atoms with Crippen LogP contribution in [0, 0.1) is 17.6 Å². The third kappa shape index (κ3) is 4.69. The van der Waals surface area contributed by atoms with E-state index in [1.165, 1.54) is 42.1 Å². The molecular weight excluding hydrogens is 416 g/mol. The third-order valence-electron chi connectivity index (χ3n) is 5.74. The lowest BCUT2D eigenvalue weighted by Gasteiger charge is -2.32. The number of piperidine rings is 1. The Balaban J connectivity index is 1.40. The Hall–Kier alpha value is -3.55. The summed E-state index contributed by atoms with van der Waals surface area (Å²) in [4.78, 5) is 26.7. The van der Waals surface area contributed by atoms with E-state index in [2.05, 4.69) is 5.10 Å². The highest BCUT2D eigenvalue weighted by molar-refractivity contribution is 5.94. The topological polar surface area (TPSA) is 64.4 Å². The zero-order valence-electron chi connectivity index (χ0n) is 17.6. The lowest BCUT2D eigenvalue weighted by atomic mass is 9.96. The Labute approximate surface area is 184 Å². The zero-order chi connectivity index (χ0) is 22.7. The molecule has 1 aromatic heterocycles. The van der Waals surface area contributed by atoms with Gasteiger partial charge in [-0.2, -0.15) is 5.10 Å². The van der Waals surface area contributed by atoms with E-state index in [1.54, 1.807) is 29.2 Å². The molecule has 0 unspecified atom stereocenters. The van der Waals surface area contributed by atoms with Gasteiger partial charge in [0, 0.05) is 36.8 Å². The summed E-state index contributed by atoms with van der Waals surface area (Å²) in [5, 5.41) is 4.44. The number of ether oxygens (including phenoxy) is 1. The van der Waals surface area contributed by atoms with E-state index >= 15 is 0 Å². The lowest BCUT2D eigenvalue weighted by Crippen LogP contribution is -2.40. The Morgan fingerprint density at radius 3 is 2.44 bits per heavy atom. The fraction of sp³-hybridized carbons (Fsp3) is 0.292. The van der Waals surface area contributed by atoms with Crippen molar-refractivity contribution in [2.75, 3.05) is 20.2 Å². The second-order valence-corrected chi connectivity index (χ2v) is 7.83. The number of amides is 1. The molecule has 4 rings (SSSR count). The van der Waals surface area contributed by atoms with Crippen molar-refractivity contribution in [2.45, 2.75) is 19.4 Å². The van der Waals surface area contributed by atoms with Crippen molar-refractivity contribution in [1.29, 1.82) is 0 Å². The molecule has 3 aromatic rings. The van der Waals surface area contributed by atoms with Gasteiger partial charge in [0.15, 0.2) is 11.6 Å². The molecule has 1 aliphatic heterocycles. The molecule has 2 aromatic carbocycles. The first-order valence-corrected chi connectivity index (χ1v) is 10.4. The molecule has 0 saturated carbocycles. The Kier molecular flexibility index (Phi) is 6.30. The van der Waals surface area contributed by atoms with Gasteiger partial charge in [-0.05, 0) is 67.3 Å². The van der Waals surface area contributed by atoms with Gasteiger partial charge < -0.3 is 9.64 Å². The van der Waals surface area contributed by atoms with Crippen LogP contribution in [0.1, 0.15) is 23.2 Å². The first-order chi connectivity index (χ1) is 15.4. The molecule has 1 amide bonds. The van der Waals surface area contributed by atoms with E-state index in [0.29, 0.717) is 38.2 Å². The van der Waals surface area contributed by atoms with Crippen molar-refractivity contribution >= 4 is 5.91 Å². The summed E-state index contributed by atoms with van der Waals surface area (Å²) in [6.07, 6.45) is 1.42. The largest absolute Gasteiger partial charge is 0.494 e. The van der Waals surface area contributed by atoms with Gasteiger partial charge in [-0.3, -0.25) is 9.59 Å². The fourth-order valence-corrected chi connectivity index (χ4v) is 3.90. The number of carbonyl (C=O) groups excluding carboxylic acids is 1. The van der Waals surface area contributed by atoms with Gasteiger partial charge in [-0.1, -0.05) is 0 Å². The van der Waals surface area contributed by atoms with Crippen LogP contribution in [0.15, 0.2) is 59.4 Å². The highest BCUT2D eigenvalue weighted by atomic mass is 19.1. The molecule has 166 valence electrons. The van der Waals surface area contributed by atoms with Gasteiger partial charge >= 0.3 is 0 Å². The predicted molar refractivity (Wildman–Crippen MR) is 115 cm³/mol. The van der Waals surface area contributed by atoms with Crippen molar-refractivity contribution in [3.05, 3.63) is 82.1 Å². The Morgan fingerprint density at radius 1 is 1.06 bits per heavy atom. The maximum Gasteiger partial charge on any atom is 0.266 e. The van der Waals surface area contributed by atoms with Gasteiger partial charge in [-0.15, -0.1) is 0 Å². The first-order valence-electron chi connectivity index (χ1n) is 10.4. The summed E-state index contributed by atoms with van der Waals surface area (Å²) in [5.41, 5.74) is 1.40. The van der Waals surface area contributed by atoms with Gasteiger partial charge in [0.25, 0.3) is 11.5 Å². The van der Waals surface area contributed by atoms with Crippen LogP contribution >= 0.6 is 0 Å². The number of aromatic nitrogens is 2. The standard InChI is InChI=1S/C24H23F2N3O3/c1-32-22-8-4-18(14-20(22)26)24(31)28-12-10-16(11-13-28)15-29-23(30)9-7-21(27-29)17-2-5-19(25)6-3-17/h2-9,14,16H,10-13,15H2,1H3. The molecule has 1 fully saturated rings. The van der Waals surface area contributed by atoms with Crippen LogP contribution in [-0.4, -0.2) is 40.8 Å². The van der Waals surface area contributed by atoms with Crippen molar-refractivity contribution in [3.63, 3.8) is 0 Å². The number of rotatable bonds is 5. The molecule has 2 heterocycles. The van der Waals surface area contributed by atoms with Crippen LogP contribution < -0.4 is 10.3 Å². The molecule has 8 heteroatoms. The molecule has 0 aliphatic carbocycles. The second kappa shape index (κ2) is 9.30. The average molecular weight is 439 g/mol. The molecule has 1 saturated heterocycles. The van der Waals surface area contributed by atoms with Gasteiger partial charge in [0.05, 0.1) is 12.8 Å². The SMILES string of the molecule is COc1ccc(C(=O)N2CCC(Cn3nc(-c4ccc(F)cc4)ccc3=O)CC2)cc1F. The van der Waals surface area contributed by atoms with Gasteiger partial charge in [0.2, 0.25) is 0 Å². The highest BCUT2D eigenvalue weighted by Gasteiger charge is 2.25. The number of hydrogen-bond acceptors (Lipinski definition) is 4. The minimum Gasteiger partial charge on any atom is -0.494 e. The summed E-state index contributed by atoms with van der Waals surface area (Å²) in [6.45, 7) is 1.47. The number of halogens is 2. The van der Waals surface area contributed by atoms with Crippen molar-refractivity contribution in [1.82, 2.24) is 14.7 Å². The van der Waals surface area contributed by atoms with Crippen molar-refractivity contribution < 1.29 is 18.3 Å². The second-order valence-electron chi connectivity index (χ2n) is 7.83. The quantitative estimate of drug-likeness (QED) is 0.608. The Morgan fingerprint density at radius 2 is 1.78 bits per heavy atom. The monoisotopic (exact) mass is 439 g/mol. The van der Waals surface area contributed by atoms with Crippen LogP contribution in [0.4, 0.5) is 8.78 Å². The van der Waals surface area contributed by atoms with E-state index in [0.717, 1.165) is 5.56 Å². The number of hydrogen-bond donors (Lipinski definition) is 0. The van der Waals surface area contributed by atoms with E-state index < -0.39 is 5.82 Å². The van der Waals surface area contributed by atoms with Gasteiger partial charge in [-0.25, -0.2) is 13.5 Å². The van der Waals surface area contributed by atoms with E-state index in [4.69, 9.17) is 4.74 Å². The highest BCUT2D eigenvalue weighted by Crippen LogP contribution is 2.23. The van der Waals surface area contributed by atoms with Crippen molar-refractivity contribution in [3.8, 4) is 17.0 Å². The molecule has 0 radical (unpaired) electrons. The first kappa shape index (κ1) is 21.7. The number of benzene rings is 2. The molecule has 1 aliphatic rings. The van der Waals surface area contributed by atoms with E-state index in [9.17, 15) is 18.4 Å². The minimum atomic E-state index is -0.570. The van der Waals surface area contributed by atoms with Crippen LogP contribution in [-0.2, 0) is 6.54 Å². The maximum absolute atomic E-state index is 13.9. The summed E-state index contributed by atoms with van der Waals surface area (Å²) in [5.74, 6) is -0.847. The average Bonchev–Trinajstić information content (AvgIpc) is 2.81. The predicted octanol–water partition coefficient (Wildman–Crippen LogP) is 3.75. The van der Waals surface area contributed by atoms with Crippen LogP contribution in [0.3, 0.4) is 0 Å². The van der Waals surface area contributed by atoms with E-state index in [1.807, 2.05) is 0 Å². The van der Waals surface area contributed by atoms with Crippen molar-refractivity contribution in [2.24, 2.45) is 5.92 Å². The minimum absolute atomic E-state index is 0.0982. The molecule has 0 N–H and O–H groups in total. The lowest BCUT2D eigenvalue weighted by molar-refractivity contribution is 0.0680. The molecular formula is C24H23F2N3O3.